The Balaban J connectivity index is 1.88. The summed E-state index contributed by atoms with van der Waals surface area (Å²) >= 11 is 0. The molecule has 0 radical (unpaired) electrons. The fourth-order valence-electron chi connectivity index (χ4n) is 2.53. The topological polar surface area (TPSA) is 81.0 Å². The molecule has 0 N–H and O–H groups in total. The van der Waals surface area contributed by atoms with Crippen molar-refractivity contribution < 1.29 is 8.42 Å². The average Bonchev–Trinajstić information content (AvgIpc) is 3.08. The molecule has 0 unspecified atom stereocenters. The van der Waals surface area contributed by atoms with E-state index in [-0.39, 0.29) is 4.90 Å². The van der Waals surface area contributed by atoms with E-state index in [1.54, 1.807) is 28.9 Å². The van der Waals surface area contributed by atoms with Crippen LogP contribution in [0.1, 0.15) is 12.7 Å². The van der Waals surface area contributed by atoms with Crippen molar-refractivity contribution in [2.24, 2.45) is 0 Å². The highest BCUT2D eigenvalue weighted by molar-refractivity contribution is 7.90. The first kappa shape index (κ1) is 17.1. The molecule has 25 heavy (non-hydrogen) atoms. The van der Waals surface area contributed by atoms with Gasteiger partial charge in [0.15, 0.2) is 15.7 Å². The Morgan fingerprint density at radius 3 is 2.32 bits per heavy atom. The Bertz CT molecular complexity index is 937. The summed E-state index contributed by atoms with van der Waals surface area (Å²) in [6.45, 7) is 3.42. The Morgan fingerprint density at radius 2 is 1.72 bits per heavy atom. The maximum absolute atomic E-state index is 11.6. The second kappa shape index (κ2) is 7.02. The van der Waals surface area contributed by atoms with Crippen LogP contribution >= 0.6 is 0 Å². The van der Waals surface area contributed by atoms with Crippen molar-refractivity contribution in [2.45, 2.75) is 18.4 Å². The number of benzene rings is 2. The predicted molar refractivity (Wildman–Crippen MR) is 95.4 cm³/mol. The van der Waals surface area contributed by atoms with E-state index in [4.69, 9.17) is 0 Å². The molecular formula is C17H19N5O2S. The lowest BCUT2D eigenvalue weighted by Gasteiger charge is -2.22. The molecule has 2 aromatic carbocycles. The second-order valence-corrected chi connectivity index (χ2v) is 7.64. The van der Waals surface area contributed by atoms with Gasteiger partial charge in [0, 0.05) is 18.5 Å². The third-order valence-electron chi connectivity index (χ3n) is 3.88. The van der Waals surface area contributed by atoms with Gasteiger partial charge in [0.2, 0.25) is 0 Å². The number of para-hydroxylation sites is 1. The minimum Gasteiger partial charge on any atom is -0.364 e. The molecule has 0 fully saturated rings. The number of anilines is 1. The van der Waals surface area contributed by atoms with Crippen molar-refractivity contribution >= 4 is 15.5 Å². The summed E-state index contributed by atoms with van der Waals surface area (Å²) in [6, 6.07) is 16.6. The van der Waals surface area contributed by atoms with E-state index < -0.39 is 9.84 Å². The first-order chi connectivity index (χ1) is 12.0. The zero-order valence-electron chi connectivity index (χ0n) is 14.1. The van der Waals surface area contributed by atoms with Crippen LogP contribution in [-0.2, 0) is 16.4 Å². The van der Waals surface area contributed by atoms with E-state index in [0.29, 0.717) is 12.4 Å². The second-order valence-electron chi connectivity index (χ2n) is 5.62. The van der Waals surface area contributed by atoms with Gasteiger partial charge in [-0.05, 0) is 53.7 Å². The lowest BCUT2D eigenvalue weighted by molar-refractivity contribution is 0.602. The zero-order chi connectivity index (χ0) is 17.9. The van der Waals surface area contributed by atoms with E-state index in [2.05, 4.69) is 27.3 Å². The van der Waals surface area contributed by atoms with Gasteiger partial charge in [-0.1, -0.05) is 18.2 Å². The standard InChI is InChI=1S/C17H19N5O2S/c1-3-21(14-7-5-4-6-8-14)13-17-18-19-20-22(17)15-9-11-16(12-10-15)25(2,23)24/h4-12H,3,13H2,1-2H3. The first-order valence-electron chi connectivity index (χ1n) is 7.87. The van der Waals surface area contributed by atoms with Crippen molar-refractivity contribution in [1.29, 1.82) is 0 Å². The highest BCUT2D eigenvalue weighted by Gasteiger charge is 2.14. The summed E-state index contributed by atoms with van der Waals surface area (Å²) in [7, 11) is -3.23. The molecule has 3 aromatic rings. The van der Waals surface area contributed by atoms with Gasteiger partial charge in [-0.3, -0.25) is 0 Å². The van der Waals surface area contributed by atoms with E-state index in [0.717, 1.165) is 17.9 Å². The number of tetrazole rings is 1. The highest BCUT2D eigenvalue weighted by atomic mass is 32.2. The van der Waals surface area contributed by atoms with Crippen LogP contribution in [0.3, 0.4) is 0 Å². The van der Waals surface area contributed by atoms with Gasteiger partial charge in [-0.2, -0.15) is 4.68 Å². The van der Waals surface area contributed by atoms with Gasteiger partial charge in [0.1, 0.15) is 0 Å². The van der Waals surface area contributed by atoms with Gasteiger partial charge in [-0.25, -0.2) is 8.42 Å². The smallest absolute Gasteiger partial charge is 0.175 e. The number of sulfone groups is 1. The van der Waals surface area contributed by atoms with Crippen LogP contribution in [0.4, 0.5) is 5.69 Å². The van der Waals surface area contributed by atoms with Gasteiger partial charge in [-0.15, -0.1) is 5.10 Å². The van der Waals surface area contributed by atoms with E-state index >= 15 is 0 Å². The molecule has 0 atom stereocenters. The fourth-order valence-corrected chi connectivity index (χ4v) is 3.17. The van der Waals surface area contributed by atoms with Crippen LogP contribution in [0.5, 0.6) is 0 Å². The normalized spacial score (nSPS) is 11.4. The minimum atomic E-state index is -3.23. The quantitative estimate of drug-likeness (QED) is 0.672. The van der Waals surface area contributed by atoms with Crippen molar-refractivity contribution in [3.63, 3.8) is 0 Å². The Labute approximate surface area is 146 Å². The van der Waals surface area contributed by atoms with Gasteiger partial charge < -0.3 is 4.90 Å². The molecule has 8 heteroatoms. The van der Waals surface area contributed by atoms with Crippen LogP contribution in [0, 0.1) is 0 Å². The molecule has 0 amide bonds. The first-order valence-corrected chi connectivity index (χ1v) is 9.76. The molecule has 7 nitrogen and oxygen atoms in total. The van der Waals surface area contributed by atoms with Crippen molar-refractivity contribution in [1.82, 2.24) is 20.2 Å². The molecule has 0 aliphatic heterocycles. The van der Waals surface area contributed by atoms with Crippen LogP contribution < -0.4 is 4.90 Å². The van der Waals surface area contributed by atoms with Crippen molar-refractivity contribution in [2.75, 3.05) is 17.7 Å². The molecule has 0 aliphatic rings. The Morgan fingerprint density at radius 1 is 1.04 bits per heavy atom. The third kappa shape index (κ3) is 3.85. The average molecular weight is 357 g/mol. The monoisotopic (exact) mass is 357 g/mol. The predicted octanol–water partition coefficient (Wildman–Crippen LogP) is 2.09. The van der Waals surface area contributed by atoms with Crippen LogP contribution in [-0.4, -0.2) is 41.4 Å². The fraction of sp³-hybridized carbons (Fsp3) is 0.235. The molecule has 0 aliphatic carbocycles. The van der Waals surface area contributed by atoms with E-state index in [1.807, 2.05) is 30.3 Å². The van der Waals surface area contributed by atoms with Gasteiger partial charge >= 0.3 is 0 Å². The maximum atomic E-state index is 11.6. The summed E-state index contributed by atoms with van der Waals surface area (Å²) in [6.07, 6.45) is 1.18. The number of hydrogen-bond acceptors (Lipinski definition) is 6. The highest BCUT2D eigenvalue weighted by Crippen LogP contribution is 2.18. The Hall–Kier alpha value is -2.74. The third-order valence-corrected chi connectivity index (χ3v) is 5.01. The van der Waals surface area contributed by atoms with Crippen LogP contribution in [0.2, 0.25) is 0 Å². The Kier molecular flexibility index (Phi) is 4.80. The molecule has 1 heterocycles. The molecule has 0 saturated carbocycles. The summed E-state index contributed by atoms with van der Waals surface area (Å²) in [5.74, 6) is 0.679. The molecule has 0 bridgehead atoms. The van der Waals surface area contributed by atoms with E-state index in [1.165, 1.54) is 6.26 Å². The van der Waals surface area contributed by atoms with Crippen LogP contribution in [0.15, 0.2) is 59.5 Å². The van der Waals surface area contributed by atoms with E-state index in [9.17, 15) is 8.42 Å². The van der Waals surface area contributed by atoms with Gasteiger partial charge in [0.25, 0.3) is 0 Å². The minimum absolute atomic E-state index is 0.269. The molecule has 0 saturated heterocycles. The summed E-state index contributed by atoms with van der Waals surface area (Å²) < 4.78 is 24.8. The number of aromatic nitrogens is 4. The number of hydrogen-bond donors (Lipinski definition) is 0. The zero-order valence-corrected chi connectivity index (χ0v) is 14.9. The summed E-state index contributed by atoms with van der Waals surface area (Å²) in [4.78, 5) is 2.43. The van der Waals surface area contributed by atoms with Crippen molar-refractivity contribution in [3.8, 4) is 5.69 Å². The lowest BCUT2D eigenvalue weighted by atomic mass is 10.3. The molecular weight excluding hydrogens is 338 g/mol. The molecule has 1 aromatic heterocycles. The van der Waals surface area contributed by atoms with Crippen LogP contribution in [0.25, 0.3) is 5.69 Å². The molecule has 0 spiro atoms. The van der Waals surface area contributed by atoms with Crippen molar-refractivity contribution in [3.05, 3.63) is 60.4 Å². The van der Waals surface area contributed by atoms with Gasteiger partial charge in [0.05, 0.1) is 17.1 Å². The number of nitrogens with zero attached hydrogens (tertiary/aromatic N) is 5. The SMILES string of the molecule is CCN(Cc1nnnn1-c1ccc(S(C)(=O)=O)cc1)c1ccccc1. The summed E-state index contributed by atoms with van der Waals surface area (Å²) in [5.41, 5.74) is 1.81. The molecule has 130 valence electrons. The largest absolute Gasteiger partial charge is 0.364 e. The molecule has 3 rings (SSSR count). The lowest BCUT2D eigenvalue weighted by Crippen LogP contribution is -2.24. The number of rotatable bonds is 6. The summed E-state index contributed by atoms with van der Waals surface area (Å²) in [5, 5.41) is 11.9. The maximum Gasteiger partial charge on any atom is 0.175 e.